The van der Waals surface area contributed by atoms with Crippen molar-refractivity contribution in [2.45, 2.75) is 13.2 Å². The van der Waals surface area contributed by atoms with Gasteiger partial charge in [0.1, 0.15) is 12.4 Å². The summed E-state index contributed by atoms with van der Waals surface area (Å²) in [5.41, 5.74) is 3.04. The Labute approximate surface area is 165 Å². The highest BCUT2D eigenvalue weighted by Gasteiger charge is 2.06. The van der Waals surface area contributed by atoms with Crippen LogP contribution in [0.3, 0.4) is 0 Å². The quantitative estimate of drug-likeness (QED) is 0.451. The molecular weight excluding hydrogens is 421 g/mol. The second-order valence-corrected chi connectivity index (χ2v) is 7.25. The van der Waals surface area contributed by atoms with Crippen molar-refractivity contribution in [1.29, 1.82) is 0 Å². The van der Waals surface area contributed by atoms with Gasteiger partial charge < -0.3 is 10.1 Å². The molecule has 0 aliphatic rings. The zero-order valence-electron chi connectivity index (χ0n) is 13.3. The lowest BCUT2D eigenvalue weighted by Crippen LogP contribution is -2.04. The number of nitrogens with one attached hydrogen (secondary N) is 1. The van der Waals surface area contributed by atoms with Crippen LogP contribution >= 0.6 is 39.1 Å². The third kappa shape index (κ3) is 5.15. The van der Waals surface area contributed by atoms with Crippen LogP contribution in [0.2, 0.25) is 10.0 Å². The second kappa shape index (κ2) is 8.61. The average Bonchev–Trinajstić information content (AvgIpc) is 2.61. The number of hydrogen-bond donors (Lipinski definition) is 1. The number of para-hydroxylation sites is 1. The molecule has 3 rings (SSSR count). The van der Waals surface area contributed by atoms with Crippen molar-refractivity contribution in [3.63, 3.8) is 0 Å². The molecule has 0 unspecified atom stereocenters. The Morgan fingerprint density at radius 2 is 1.64 bits per heavy atom. The third-order valence-corrected chi connectivity index (χ3v) is 4.81. The predicted molar refractivity (Wildman–Crippen MR) is 109 cm³/mol. The molecule has 0 atom stereocenters. The molecule has 25 heavy (non-hydrogen) atoms. The van der Waals surface area contributed by atoms with Crippen LogP contribution in [0, 0.1) is 0 Å². The molecule has 0 aromatic heterocycles. The summed E-state index contributed by atoms with van der Waals surface area (Å²) in [6.07, 6.45) is 0. The summed E-state index contributed by atoms with van der Waals surface area (Å²) in [7, 11) is 0. The van der Waals surface area contributed by atoms with Gasteiger partial charge in [-0.1, -0.05) is 63.4 Å². The van der Waals surface area contributed by atoms with Gasteiger partial charge in [0.25, 0.3) is 0 Å². The average molecular weight is 437 g/mol. The van der Waals surface area contributed by atoms with Gasteiger partial charge in [-0.3, -0.25) is 0 Å². The zero-order chi connectivity index (χ0) is 17.6. The van der Waals surface area contributed by atoms with Crippen LogP contribution in [0.1, 0.15) is 11.1 Å². The van der Waals surface area contributed by atoms with E-state index in [1.165, 1.54) is 0 Å². The highest BCUT2D eigenvalue weighted by atomic mass is 79.9. The van der Waals surface area contributed by atoms with E-state index >= 15 is 0 Å². The minimum atomic E-state index is 0.394. The van der Waals surface area contributed by atoms with E-state index in [9.17, 15) is 0 Å². The number of benzene rings is 3. The first kappa shape index (κ1) is 18.1. The van der Waals surface area contributed by atoms with Crippen LogP contribution in [-0.2, 0) is 13.2 Å². The van der Waals surface area contributed by atoms with Crippen LogP contribution < -0.4 is 10.1 Å². The lowest BCUT2D eigenvalue weighted by Gasteiger charge is -2.13. The van der Waals surface area contributed by atoms with Gasteiger partial charge in [0.2, 0.25) is 0 Å². The van der Waals surface area contributed by atoms with E-state index in [-0.39, 0.29) is 0 Å². The molecule has 0 heterocycles. The van der Waals surface area contributed by atoms with Crippen LogP contribution in [0.4, 0.5) is 5.69 Å². The summed E-state index contributed by atoms with van der Waals surface area (Å²) in [4.78, 5) is 0. The Kier molecular flexibility index (Phi) is 6.24. The van der Waals surface area contributed by atoms with Crippen molar-refractivity contribution in [3.8, 4) is 5.75 Å². The monoisotopic (exact) mass is 435 g/mol. The van der Waals surface area contributed by atoms with Crippen molar-refractivity contribution in [1.82, 2.24) is 0 Å². The molecular formula is C20H16BrCl2NO. The zero-order valence-corrected chi connectivity index (χ0v) is 16.4. The van der Waals surface area contributed by atoms with Crippen molar-refractivity contribution >= 4 is 44.8 Å². The fourth-order valence-electron chi connectivity index (χ4n) is 2.35. The summed E-state index contributed by atoms with van der Waals surface area (Å²) in [5.74, 6) is 0.832. The van der Waals surface area contributed by atoms with E-state index in [2.05, 4.69) is 21.2 Å². The molecule has 0 saturated carbocycles. The lowest BCUT2D eigenvalue weighted by atomic mass is 10.2. The molecule has 128 valence electrons. The summed E-state index contributed by atoms with van der Waals surface area (Å²) >= 11 is 15.6. The molecule has 1 N–H and O–H groups in total. The molecule has 0 amide bonds. The maximum absolute atomic E-state index is 6.21. The fraction of sp³-hybridized carbons (Fsp3) is 0.100. The first-order chi connectivity index (χ1) is 12.1. The molecule has 0 aliphatic heterocycles. The Balaban J connectivity index is 1.67. The molecule has 0 fully saturated rings. The molecule has 0 aliphatic carbocycles. The maximum atomic E-state index is 6.21. The highest BCUT2D eigenvalue weighted by molar-refractivity contribution is 9.10. The van der Waals surface area contributed by atoms with E-state index in [0.29, 0.717) is 23.2 Å². The first-order valence-electron chi connectivity index (χ1n) is 7.76. The smallest absolute Gasteiger partial charge is 0.124 e. The van der Waals surface area contributed by atoms with Crippen LogP contribution in [-0.4, -0.2) is 0 Å². The van der Waals surface area contributed by atoms with Gasteiger partial charge in [-0.05, 0) is 42.5 Å². The first-order valence-corrected chi connectivity index (χ1v) is 9.31. The Morgan fingerprint density at radius 3 is 2.40 bits per heavy atom. The summed E-state index contributed by atoms with van der Waals surface area (Å²) in [6.45, 7) is 1.07. The third-order valence-electron chi connectivity index (χ3n) is 3.70. The minimum absolute atomic E-state index is 0.394. The van der Waals surface area contributed by atoms with Gasteiger partial charge in [0, 0.05) is 37.9 Å². The number of rotatable bonds is 6. The van der Waals surface area contributed by atoms with Crippen LogP contribution in [0.5, 0.6) is 5.75 Å². The van der Waals surface area contributed by atoms with E-state index in [0.717, 1.165) is 27.0 Å². The molecule has 3 aromatic rings. The SMILES string of the molecule is Clc1ccc(COc2ccccc2CNc2ccc(Br)cc2)c(Cl)c1. The van der Waals surface area contributed by atoms with Gasteiger partial charge in [-0.25, -0.2) is 0 Å². The van der Waals surface area contributed by atoms with Crippen molar-refractivity contribution in [3.05, 3.63) is 92.4 Å². The Hall–Kier alpha value is -1.68. The van der Waals surface area contributed by atoms with Crippen molar-refractivity contribution in [2.24, 2.45) is 0 Å². The molecule has 0 saturated heterocycles. The van der Waals surface area contributed by atoms with E-state index in [4.69, 9.17) is 27.9 Å². The summed E-state index contributed by atoms with van der Waals surface area (Å²) < 4.78 is 7.03. The normalized spacial score (nSPS) is 10.5. The van der Waals surface area contributed by atoms with Crippen LogP contribution in [0.15, 0.2) is 71.2 Å². The fourth-order valence-corrected chi connectivity index (χ4v) is 3.08. The largest absolute Gasteiger partial charge is 0.488 e. The maximum Gasteiger partial charge on any atom is 0.124 e. The summed E-state index contributed by atoms with van der Waals surface area (Å²) in [6, 6.07) is 21.5. The van der Waals surface area contributed by atoms with Gasteiger partial charge in [-0.2, -0.15) is 0 Å². The standard InChI is InChI=1S/C20H16BrCl2NO/c21-16-6-9-18(10-7-16)24-12-14-3-1-2-4-20(14)25-13-15-5-8-17(22)11-19(15)23/h1-11,24H,12-13H2. The number of hydrogen-bond acceptors (Lipinski definition) is 2. The molecule has 3 aromatic carbocycles. The van der Waals surface area contributed by atoms with Crippen LogP contribution in [0.25, 0.3) is 0 Å². The van der Waals surface area contributed by atoms with Crippen molar-refractivity contribution in [2.75, 3.05) is 5.32 Å². The number of anilines is 1. The second-order valence-electron chi connectivity index (χ2n) is 5.49. The molecule has 5 heteroatoms. The van der Waals surface area contributed by atoms with Gasteiger partial charge in [0.15, 0.2) is 0 Å². The summed E-state index contributed by atoms with van der Waals surface area (Å²) in [5, 5.41) is 4.63. The predicted octanol–water partition coefficient (Wildman–Crippen LogP) is 6.95. The molecule has 0 spiro atoms. The Morgan fingerprint density at radius 1 is 0.880 bits per heavy atom. The number of ether oxygens (including phenoxy) is 1. The van der Waals surface area contributed by atoms with E-state index in [1.807, 2.05) is 60.7 Å². The lowest BCUT2D eigenvalue weighted by molar-refractivity contribution is 0.303. The van der Waals surface area contributed by atoms with E-state index in [1.54, 1.807) is 6.07 Å². The topological polar surface area (TPSA) is 21.3 Å². The minimum Gasteiger partial charge on any atom is -0.488 e. The molecule has 0 radical (unpaired) electrons. The van der Waals surface area contributed by atoms with Gasteiger partial charge in [0.05, 0.1) is 0 Å². The van der Waals surface area contributed by atoms with Gasteiger partial charge >= 0.3 is 0 Å². The molecule has 0 bridgehead atoms. The van der Waals surface area contributed by atoms with E-state index < -0.39 is 0 Å². The highest BCUT2D eigenvalue weighted by Crippen LogP contribution is 2.25. The van der Waals surface area contributed by atoms with Crippen molar-refractivity contribution < 1.29 is 4.74 Å². The Bertz CT molecular complexity index is 853. The molecule has 2 nitrogen and oxygen atoms in total. The van der Waals surface area contributed by atoms with Gasteiger partial charge in [-0.15, -0.1) is 0 Å². The number of halogens is 3.